The zero-order valence-electron chi connectivity index (χ0n) is 13.7. The molecule has 0 saturated carbocycles. The normalized spacial score (nSPS) is 19.7. The summed E-state index contributed by atoms with van der Waals surface area (Å²) < 4.78 is 14.5. The van der Waals surface area contributed by atoms with Crippen molar-refractivity contribution in [1.29, 1.82) is 0 Å². The number of phenolic OH excluding ortho intramolecular Hbond substituents is 1. The van der Waals surface area contributed by atoms with Crippen LogP contribution in [-0.2, 0) is 9.31 Å². The summed E-state index contributed by atoms with van der Waals surface area (Å²) in [6.07, 6.45) is 0. The molecule has 0 radical (unpaired) electrons. The van der Waals surface area contributed by atoms with Crippen LogP contribution in [0.4, 0.5) is 0 Å². The van der Waals surface area contributed by atoms with Gasteiger partial charge in [0.15, 0.2) is 0 Å². The van der Waals surface area contributed by atoms with E-state index in [1.807, 2.05) is 52.0 Å². The fourth-order valence-electron chi connectivity index (χ4n) is 2.94. The second kappa shape index (κ2) is 4.73. The summed E-state index contributed by atoms with van der Waals surface area (Å²) in [5.41, 5.74) is -0.148. The maximum Gasteiger partial charge on any atom is 0.498 e. The highest BCUT2D eigenvalue weighted by Gasteiger charge is 2.52. The van der Waals surface area contributed by atoms with Gasteiger partial charge < -0.3 is 14.4 Å². The van der Waals surface area contributed by atoms with Crippen molar-refractivity contribution in [2.45, 2.75) is 38.9 Å². The molecule has 3 nitrogen and oxygen atoms in total. The van der Waals surface area contributed by atoms with E-state index in [0.717, 1.165) is 10.1 Å². The van der Waals surface area contributed by atoms with Gasteiger partial charge in [-0.1, -0.05) is 18.2 Å². The minimum absolute atomic E-state index is 0.225. The predicted octanol–water partition coefficient (Wildman–Crippen LogP) is 4.06. The Bertz CT molecular complexity index is 897. The second-order valence-electron chi connectivity index (χ2n) is 7.09. The van der Waals surface area contributed by atoms with Gasteiger partial charge in [0.2, 0.25) is 0 Å². The molecule has 1 N–H and O–H groups in total. The molecule has 1 fully saturated rings. The minimum Gasteiger partial charge on any atom is -0.508 e. The number of hydrogen-bond donors (Lipinski definition) is 1. The van der Waals surface area contributed by atoms with Gasteiger partial charge in [0.1, 0.15) is 5.75 Å². The first-order valence-electron chi connectivity index (χ1n) is 7.78. The second-order valence-corrected chi connectivity index (χ2v) is 8.18. The highest BCUT2D eigenvalue weighted by atomic mass is 32.1. The van der Waals surface area contributed by atoms with Gasteiger partial charge in [-0.05, 0) is 45.9 Å². The predicted molar refractivity (Wildman–Crippen MR) is 96.7 cm³/mol. The molecule has 1 aliphatic heterocycles. The molecule has 0 aliphatic carbocycles. The van der Waals surface area contributed by atoms with E-state index in [-0.39, 0.29) is 5.75 Å². The Kier molecular flexibility index (Phi) is 3.08. The van der Waals surface area contributed by atoms with E-state index in [1.165, 1.54) is 10.1 Å². The Labute approximate surface area is 140 Å². The first-order chi connectivity index (χ1) is 10.8. The number of phenols is 1. The van der Waals surface area contributed by atoms with Crippen LogP contribution in [0.15, 0.2) is 36.4 Å². The number of aromatic hydroxyl groups is 1. The van der Waals surface area contributed by atoms with Gasteiger partial charge in [-0.15, -0.1) is 11.3 Å². The van der Waals surface area contributed by atoms with Crippen molar-refractivity contribution in [3.05, 3.63) is 36.4 Å². The summed E-state index contributed by atoms with van der Waals surface area (Å²) in [5.74, 6) is 0.225. The molecule has 0 unspecified atom stereocenters. The third-order valence-electron chi connectivity index (χ3n) is 5.03. The van der Waals surface area contributed by atoms with Gasteiger partial charge in [0, 0.05) is 25.6 Å². The zero-order valence-corrected chi connectivity index (χ0v) is 14.5. The van der Waals surface area contributed by atoms with Crippen molar-refractivity contribution in [3.63, 3.8) is 0 Å². The Morgan fingerprint density at radius 3 is 2.26 bits per heavy atom. The average Bonchev–Trinajstić information content (AvgIpc) is 2.91. The first kappa shape index (κ1) is 15.0. The maximum absolute atomic E-state index is 10.5. The Hall–Kier alpha value is -1.56. The quantitative estimate of drug-likeness (QED) is 0.686. The molecule has 0 atom stereocenters. The van der Waals surface area contributed by atoms with Gasteiger partial charge >= 0.3 is 7.12 Å². The zero-order chi connectivity index (χ0) is 16.4. The summed E-state index contributed by atoms with van der Waals surface area (Å²) in [4.78, 5) is 0. The van der Waals surface area contributed by atoms with Crippen LogP contribution in [0.3, 0.4) is 0 Å². The first-order valence-corrected chi connectivity index (χ1v) is 8.60. The monoisotopic (exact) mass is 326 g/mol. The van der Waals surface area contributed by atoms with E-state index >= 15 is 0 Å². The van der Waals surface area contributed by atoms with Crippen LogP contribution in [0.5, 0.6) is 5.75 Å². The molecule has 1 aliphatic rings. The van der Waals surface area contributed by atoms with Gasteiger partial charge in [0.25, 0.3) is 0 Å². The van der Waals surface area contributed by atoms with Crippen molar-refractivity contribution in [3.8, 4) is 5.75 Å². The lowest BCUT2D eigenvalue weighted by Crippen LogP contribution is -2.41. The van der Waals surface area contributed by atoms with E-state index in [4.69, 9.17) is 9.31 Å². The number of benzene rings is 2. The standard InChI is InChI=1S/C18H19BO3S/c1-17(2)18(3,4)22-19(21-17)13-9-12-11-7-5-6-8-15(11)23-16(12)10-14(13)20/h5-10,20H,1-4H3. The van der Waals surface area contributed by atoms with Crippen LogP contribution in [-0.4, -0.2) is 23.4 Å². The van der Waals surface area contributed by atoms with Gasteiger partial charge in [-0.2, -0.15) is 0 Å². The molecule has 3 aromatic rings. The fourth-order valence-corrected chi connectivity index (χ4v) is 4.06. The third-order valence-corrected chi connectivity index (χ3v) is 6.17. The molecule has 0 bridgehead atoms. The Balaban J connectivity index is 1.88. The number of fused-ring (bicyclic) bond motifs is 3. The summed E-state index contributed by atoms with van der Waals surface area (Å²) >= 11 is 1.69. The van der Waals surface area contributed by atoms with E-state index < -0.39 is 18.3 Å². The molecule has 0 amide bonds. The molecule has 4 rings (SSSR count). The van der Waals surface area contributed by atoms with Crippen molar-refractivity contribution >= 4 is 44.1 Å². The van der Waals surface area contributed by atoms with Crippen LogP contribution < -0.4 is 5.46 Å². The maximum atomic E-state index is 10.5. The Morgan fingerprint density at radius 1 is 0.913 bits per heavy atom. The molecule has 0 spiro atoms. The summed E-state index contributed by atoms with van der Waals surface area (Å²) in [6.45, 7) is 8.07. The average molecular weight is 326 g/mol. The van der Waals surface area contributed by atoms with Crippen molar-refractivity contribution in [2.24, 2.45) is 0 Å². The molecule has 2 aromatic carbocycles. The topological polar surface area (TPSA) is 38.7 Å². The lowest BCUT2D eigenvalue weighted by molar-refractivity contribution is 0.00578. The van der Waals surface area contributed by atoms with Crippen molar-refractivity contribution in [1.82, 2.24) is 0 Å². The molecule has 1 aromatic heterocycles. The molecule has 2 heterocycles. The van der Waals surface area contributed by atoms with Crippen LogP contribution in [0.2, 0.25) is 0 Å². The minimum atomic E-state index is -0.553. The lowest BCUT2D eigenvalue weighted by Gasteiger charge is -2.32. The van der Waals surface area contributed by atoms with E-state index in [1.54, 1.807) is 11.3 Å². The third kappa shape index (κ3) is 2.18. The smallest absolute Gasteiger partial charge is 0.498 e. The SMILES string of the molecule is CC1(C)OB(c2cc3c(cc2O)sc2ccccc23)OC1(C)C. The molecular formula is C18H19BO3S. The van der Waals surface area contributed by atoms with Crippen LogP contribution in [0.1, 0.15) is 27.7 Å². The molecule has 5 heteroatoms. The van der Waals surface area contributed by atoms with E-state index in [0.29, 0.717) is 5.46 Å². The van der Waals surface area contributed by atoms with E-state index in [2.05, 4.69) is 12.1 Å². The molecule has 1 saturated heterocycles. The van der Waals surface area contributed by atoms with Gasteiger partial charge in [-0.25, -0.2) is 0 Å². The van der Waals surface area contributed by atoms with Gasteiger partial charge in [-0.3, -0.25) is 0 Å². The fraction of sp³-hybridized carbons (Fsp3) is 0.333. The number of hydrogen-bond acceptors (Lipinski definition) is 4. The molecule has 118 valence electrons. The summed E-state index contributed by atoms with van der Waals surface area (Å²) in [6, 6.07) is 12.1. The van der Waals surface area contributed by atoms with E-state index in [9.17, 15) is 5.11 Å². The summed E-state index contributed by atoms with van der Waals surface area (Å²) in [5, 5.41) is 12.8. The molecule has 23 heavy (non-hydrogen) atoms. The van der Waals surface area contributed by atoms with Crippen LogP contribution in [0.25, 0.3) is 20.2 Å². The Morgan fingerprint density at radius 2 is 1.57 bits per heavy atom. The highest BCUT2D eigenvalue weighted by Crippen LogP contribution is 2.39. The number of thiophene rings is 1. The van der Waals surface area contributed by atoms with Crippen molar-refractivity contribution in [2.75, 3.05) is 0 Å². The van der Waals surface area contributed by atoms with Crippen LogP contribution in [0, 0.1) is 0 Å². The lowest BCUT2D eigenvalue weighted by atomic mass is 9.77. The largest absolute Gasteiger partial charge is 0.508 e. The van der Waals surface area contributed by atoms with Crippen LogP contribution >= 0.6 is 11.3 Å². The summed E-state index contributed by atoms with van der Waals surface area (Å²) in [7, 11) is -0.553. The molecular weight excluding hydrogens is 307 g/mol. The van der Waals surface area contributed by atoms with Gasteiger partial charge in [0.05, 0.1) is 11.2 Å². The van der Waals surface area contributed by atoms with Crippen molar-refractivity contribution < 1.29 is 14.4 Å². The number of rotatable bonds is 1. The highest BCUT2D eigenvalue weighted by molar-refractivity contribution is 7.25.